The number of carbonyl (C=O) groups excluding carboxylic acids is 1. The first-order valence-electron chi connectivity index (χ1n) is 8.30. The first-order valence-corrected chi connectivity index (χ1v) is 9.99. The Hall–Kier alpha value is -1.66. The van der Waals surface area contributed by atoms with Gasteiger partial charge in [0.15, 0.2) is 6.61 Å². The number of hydrogen-bond donors (Lipinski definition) is 0. The molecule has 1 atom stereocenters. The molecule has 1 saturated heterocycles. The quantitative estimate of drug-likeness (QED) is 0.693. The number of carbonyl (C=O) groups is 1. The number of ether oxygens (including phenoxy) is 1. The molecule has 0 radical (unpaired) electrons. The number of nitrogens with zero attached hydrogens (tertiary/aromatic N) is 2. The number of aromatic nitrogens is 1. The molecule has 0 saturated carbocycles. The monoisotopic (exact) mass is 360 g/mol. The summed E-state index contributed by atoms with van der Waals surface area (Å²) in [5.41, 5.74) is 1.05. The van der Waals surface area contributed by atoms with E-state index in [9.17, 15) is 4.79 Å². The van der Waals surface area contributed by atoms with E-state index in [0.717, 1.165) is 50.6 Å². The fourth-order valence-electron chi connectivity index (χ4n) is 3.35. The molecule has 24 heavy (non-hydrogen) atoms. The normalized spacial score (nSPS) is 18.4. The molecule has 6 heteroatoms. The number of rotatable bonds is 3. The highest BCUT2D eigenvalue weighted by molar-refractivity contribution is 7.21. The summed E-state index contributed by atoms with van der Waals surface area (Å²) < 4.78 is 8.21. The maximum absolute atomic E-state index is 12.5. The number of thiophene rings is 1. The Labute approximate surface area is 149 Å². The average Bonchev–Trinajstić information content (AvgIpc) is 3.17. The average molecular weight is 361 g/mol. The first-order chi connectivity index (χ1) is 11.6. The molecule has 2 aromatic heterocycles. The molecule has 3 aromatic rings. The van der Waals surface area contributed by atoms with E-state index in [1.54, 1.807) is 22.7 Å². The fourth-order valence-corrected chi connectivity index (χ4v) is 5.19. The Morgan fingerprint density at radius 3 is 3.21 bits per heavy atom. The van der Waals surface area contributed by atoms with Crippen LogP contribution in [0.1, 0.15) is 24.8 Å². The molecule has 0 N–H and O–H groups in total. The maximum Gasteiger partial charge on any atom is 0.260 e. The summed E-state index contributed by atoms with van der Waals surface area (Å²) in [7, 11) is 0. The lowest BCUT2D eigenvalue weighted by Gasteiger charge is -2.30. The van der Waals surface area contributed by atoms with Gasteiger partial charge in [-0.15, -0.1) is 22.7 Å². The van der Waals surface area contributed by atoms with Crippen molar-refractivity contribution in [3.05, 3.63) is 22.5 Å². The third-order valence-corrected chi connectivity index (χ3v) is 6.37. The van der Waals surface area contributed by atoms with Crippen molar-refractivity contribution in [1.82, 2.24) is 9.88 Å². The standard InChI is InChI=1S/C18H20N2O2S2/c1-11-4-3-6-20(9-11)16(21)10-22-14-8-15-17(19-12(2)24-15)18-13(14)5-7-23-18/h5,7-8,11H,3-4,6,9-10H2,1-2H3. The Morgan fingerprint density at radius 1 is 1.50 bits per heavy atom. The number of thiazole rings is 1. The first kappa shape index (κ1) is 15.8. The van der Waals surface area contributed by atoms with Crippen molar-refractivity contribution < 1.29 is 9.53 Å². The predicted molar refractivity (Wildman–Crippen MR) is 100 cm³/mol. The van der Waals surface area contributed by atoms with Crippen LogP contribution in [0, 0.1) is 12.8 Å². The summed E-state index contributed by atoms with van der Waals surface area (Å²) in [5.74, 6) is 1.47. The van der Waals surface area contributed by atoms with Crippen LogP contribution in [0.25, 0.3) is 20.3 Å². The third kappa shape index (κ3) is 2.89. The van der Waals surface area contributed by atoms with Gasteiger partial charge in [0.25, 0.3) is 5.91 Å². The van der Waals surface area contributed by atoms with Gasteiger partial charge in [0.1, 0.15) is 5.75 Å². The summed E-state index contributed by atoms with van der Waals surface area (Å²) in [5, 5.41) is 4.16. The second kappa shape index (κ2) is 6.33. The van der Waals surface area contributed by atoms with Gasteiger partial charge in [-0.3, -0.25) is 4.79 Å². The molecule has 1 aromatic carbocycles. The van der Waals surface area contributed by atoms with Crippen LogP contribution in [0.4, 0.5) is 0 Å². The number of amides is 1. The summed E-state index contributed by atoms with van der Waals surface area (Å²) in [6.07, 6.45) is 2.30. The van der Waals surface area contributed by atoms with Gasteiger partial charge in [0.2, 0.25) is 0 Å². The highest BCUT2D eigenvalue weighted by Crippen LogP contribution is 2.38. The predicted octanol–water partition coefficient (Wildman–Crippen LogP) is 4.46. The van der Waals surface area contributed by atoms with Gasteiger partial charge in [0.05, 0.1) is 19.9 Å². The van der Waals surface area contributed by atoms with Crippen LogP contribution in [0.3, 0.4) is 0 Å². The molecule has 0 spiro atoms. The van der Waals surface area contributed by atoms with Gasteiger partial charge in [-0.25, -0.2) is 4.98 Å². The van der Waals surface area contributed by atoms with E-state index < -0.39 is 0 Å². The number of hydrogen-bond acceptors (Lipinski definition) is 5. The van der Waals surface area contributed by atoms with E-state index in [4.69, 9.17) is 4.74 Å². The van der Waals surface area contributed by atoms with Crippen LogP contribution in [-0.2, 0) is 4.79 Å². The van der Waals surface area contributed by atoms with E-state index in [2.05, 4.69) is 23.4 Å². The molecular weight excluding hydrogens is 340 g/mol. The summed E-state index contributed by atoms with van der Waals surface area (Å²) in [6.45, 7) is 6.04. The molecule has 0 bridgehead atoms. The second-order valence-corrected chi connectivity index (χ2v) is 8.64. The molecule has 1 unspecified atom stereocenters. The van der Waals surface area contributed by atoms with E-state index in [1.165, 1.54) is 6.42 Å². The Morgan fingerprint density at radius 2 is 2.38 bits per heavy atom. The van der Waals surface area contributed by atoms with Crippen LogP contribution >= 0.6 is 22.7 Å². The summed E-state index contributed by atoms with van der Waals surface area (Å²) in [4.78, 5) is 19.0. The molecule has 126 valence electrons. The van der Waals surface area contributed by atoms with Crippen molar-refractivity contribution in [2.45, 2.75) is 26.7 Å². The number of benzene rings is 1. The van der Waals surface area contributed by atoms with E-state index in [0.29, 0.717) is 5.92 Å². The smallest absolute Gasteiger partial charge is 0.260 e. The molecule has 1 aliphatic rings. The summed E-state index contributed by atoms with van der Waals surface area (Å²) in [6, 6.07) is 4.08. The SMILES string of the molecule is Cc1nc2c(cc(OCC(=O)N3CCCC(C)C3)c3ccsc32)s1. The highest BCUT2D eigenvalue weighted by atomic mass is 32.1. The molecule has 1 aliphatic heterocycles. The van der Waals surface area contributed by atoms with Crippen molar-refractivity contribution >= 4 is 48.9 Å². The Bertz CT molecular complexity index is 899. The minimum absolute atomic E-state index is 0.0884. The van der Waals surface area contributed by atoms with Crippen LogP contribution in [0.15, 0.2) is 17.5 Å². The number of aryl methyl sites for hydroxylation is 1. The van der Waals surface area contributed by atoms with Gasteiger partial charge >= 0.3 is 0 Å². The lowest BCUT2D eigenvalue weighted by molar-refractivity contribution is -0.135. The minimum atomic E-state index is 0.0884. The van der Waals surface area contributed by atoms with Gasteiger partial charge in [-0.2, -0.15) is 0 Å². The van der Waals surface area contributed by atoms with Crippen LogP contribution in [0.5, 0.6) is 5.75 Å². The van der Waals surface area contributed by atoms with E-state index in [1.807, 2.05) is 17.9 Å². The Kier molecular flexibility index (Phi) is 4.18. The molecule has 1 fully saturated rings. The van der Waals surface area contributed by atoms with Crippen LogP contribution < -0.4 is 4.74 Å². The molecule has 4 nitrogen and oxygen atoms in total. The molecule has 4 rings (SSSR count). The zero-order chi connectivity index (χ0) is 16.7. The minimum Gasteiger partial charge on any atom is -0.483 e. The lowest BCUT2D eigenvalue weighted by Crippen LogP contribution is -2.41. The lowest BCUT2D eigenvalue weighted by atomic mass is 10.0. The van der Waals surface area contributed by atoms with Gasteiger partial charge in [-0.05, 0) is 37.1 Å². The van der Waals surface area contributed by atoms with Crippen molar-refractivity contribution in [2.75, 3.05) is 19.7 Å². The third-order valence-electron chi connectivity index (χ3n) is 4.53. The van der Waals surface area contributed by atoms with E-state index >= 15 is 0 Å². The topological polar surface area (TPSA) is 42.4 Å². The number of likely N-dealkylation sites (tertiary alicyclic amines) is 1. The zero-order valence-electron chi connectivity index (χ0n) is 13.9. The largest absolute Gasteiger partial charge is 0.483 e. The zero-order valence-corrected chi connectivity index (χ0v) is 15.5. The molecule has 1 amide bonds. The van der Waals surface area contributed by atoms with Crippen molar-refractivity contribution in [3.8, 4) is 5.75 Å². The summed E-state index contributed by atoms with van der Waals surface area (Å²) >= 11 is 3.34. The molecular formula is C18H20N2O2S2. The van der Waals surface area contributed by atoms with Gasteiger partial charge in [-0.1, -0.05) is 6.92 Å². The van der Waals surface area contributed by atoms with Gasteiger partial charge in [0, 0.05) is 24.5 Å². The van der Waals surface area contributed by atoms with E-state index in [-0.39, 0.29) is 12.5 Å². The number of fused-ring (bicyclic) bond motifs is 3. The molecule has 0 aliphatic carbocycles. The fraction of sp³-hybridized carbons (Fsp3) is 0.444. The maximum atomic E-state index is 12.5. The highest BCUT2D eigenvalue weighted by Gasteiger charge is 2.21. The second-order valence-electron chi connectivity index (χ2n) is 6.49. The number of piperidine rings is 1. The Balaban J connectivity index is 1.57. The van der Waals surface area contributed by atoms with Crippen molar-refractivity contribution in [3.63, 3.8) is 0 Å². The van der Waals surface area contributed by atoms with Crippen LogP contribution in [0.2, 0.25) is 0 Å². The van der Waals surface area contributed by atoms with Crippen LogP contribution in [-0.4, -0.2) is 35.5 Å². The molecule has 3 heterocycles. The van der Waals surface area contributed by atoms with Gasteiger partial charge < -0.3 is 9.64 Å². The van der Waals surface area contributed by atoms with Crippen molar-refractivity contribution in [2.24, 2.45) is 5.92 Å². The van der Waals surface area contributed by atoms with Crippen molar-refractivity contribution in [1.29, 1.82) is 0 Å².